The van der Waals surface area contributed by atoms with Crippen molar-refractivity contribution in [3.63, 3.8) is 0 Å². The van der Waals surface area contributed by atoms with Crippen LogP contribution in [0.15, 0.2) is 36.5 Å². The zero-order valence-corrected chi connectivity index (χ0v) is 17.7. The van der Waals surface area contributed by atoms with E-state index in [0.717, 1.165) is 48.2 Å². The van der Waals surface area contributed by atoms with Gasteiger partial charge in [0.15, 0.2) is 11.6 Å². The topological polar surface area (TPSA) is 41.6 Å². The lowest BCUT2D eigenvalue weighted by Crippen LogP contribution is -2.19. The number of rotatable bonds is 3. The van der Waals surface area contributed by atoms with E-state index in [1.54, 1.807) is 18.3 Å². The fourth-order valence-corrected chi connectivity index (χ4v) is 5.18. The lowest BCUT2D eigenvalue weighted by Gasteiger charge is -2.32. The predicted molar refractivity (Wildman–Crippen MR) is 116 cm³/mol. The molecule has 0 bridgehead atoms. The third-order valence-corrected chi connectivity index (χ3v) is 7.02. The summed E-state index contributed by atoms with van der Waals surface area (Å²) < 4.78 is 41.6. The number of nitrogens with zero attached hydrogens (tertiary/aromatic N) is 2. The molecule has 1 atom stereocenters. The lowest BCUT2D eigenvalue weighted by atomic mass is 9.73. The van der Waals surface area contributed by atoms with E-state index >= 15 is 0 Å². The molecule has 1 aliphatic rings. The van der Waals surface area contributed by atoms with Gasteiger partial charge in [0.2, 0.25) is 0 Å². The number of benzene rings is 2. The molecule has 2 aromatic carbocycles. The van der Waals surface area contributed by atoms with Gasteiger partial charge in [0, 0.05) is 17.5 Å². The molecule has 1 saturated carbocycles. The van der Waals surface area contributed by atoms with E-state index in [1.807, 2.05) is 6.07 Å². The van der Waals surface area contributed by atoms with Gasteiger partial charge in [-0.15, -0.1) is 0 Å². The zero-order valence-electron chi connectivity index (χ0n) is 16.9. The molecule has 2 aromatic heterocycles. The van der Waals surface area contributed by atoms with Crippen LogP contribution in [0.25, 0.3) is 21.9 Å². The summed E-state index contributed by atoms with van der Waals surface area (Å²) in [4.78, 5) is 11.8. The number of pyridine rings is 1. The van der Waals surface area contributed by atoms with Crippen LogP contribution >= 0.6 is 11.6 Å². The quantitative estimate of drug-likeness (QED) is 0.338. The van der Waals surface area contributed by atoms with Crippen LogP contribution in [0.2, 0.25) is 5.02 Å². The molecule has 0 saturated heterocycles. The number of H-pyrrole nitrogens is 1. The van der Waals surface area contributed by atoms with Gasteiger partial charge >= 0.3 is 0 Å². The van der Waals surface area contributed by atoms with Gasteiger partial charge in [-0.1, -0.05) is 18.5 Å². The SMILES string of the molecule is CC(c1nc2c(F)c(F)cc(Cl)c2[nH]1)C1CCC(c2ccnc3ccc(F)cc23)CC1. The first-order valence-corrected chi connectivity index (χ1v) is 10.9. The average Bonchev–Trinajstić information content (AvgIpc) is 3.23. The molecule has 0 radical (unpaired) electrons. The van der Waals surface area contributed by atoms with Crippen molar-refractivity contribution in [3.8, 4) is 0 Å². The normalized spacial score (nSPS) is 20.4. The van der Waals surface area contributed by atoms with Crippen molar-refractivity contribution >= 4 is 33.5 Å². The molecule has 0 amide bonds. The highest BCUT2D eigenvalue weighted by atomic mass is 35.5. The Morgan fingerprint density at radius 3 is 2.61 bits per heavy atom. The molecular formula is C24H21ClF3N3. The molecule has 2 heterocycles. The van der Waals surface area contributed by atoms with Crippen LogP contribution in [-0.4, -0.2) is 15.0 Å². The summed E-state index contributed by atoms with van der Waals surface area (Å²) in [6.45, 7) is 2.06. The smallest absolute Gasteiger partial charge is 0.186 e. The molecule has 1 fully saturated rings. The van der Waals surface area contributed by atoms with Crippen LogP contribution in [0.4, 0.5) is 13.2 Å². The first-order chi connectivity index (χ1) is 14.9. The van der Waals surface area contributed by atoms with Gasteiger partial charge in [-0.2, -0.15) is 0 Å². The summed E-state index contributed by atoms with van der Waals surface area (Å²) >= 11 is 6.07. The molecule has 1 aliphatic carbocycles. The first-order valence-electron chi connectivity index (χ1n) is 10.5. The van der Waals surface area contributed by atoms with Crippen molar-refractivity contribution in [1.82, 2.24) is 15.0 Å². The van der Waals surface area contributed by atoms with E-state index in [4.69, 9.17) is 11.6 Å². The molecule has 0 spiro atoms. The Labute approximate surface area is 182 Å². The third kappa shape index (κ3) is 3.57. The van der Waals surface area contributed by atoms with Crippen molar-refractivity contribution in [1.29, 1.82) is 0 Å². The summed E-state index contributed by atoms with van der Waals surface area (Å²) in [6, 6.07) is 7.69. The Bertz CT molecular complexity index is 1280. The molecule has 3 nitrogen and oxygen atoms in total. The molecule has 1 N–H and O–H groups in total. The number of hydrogen-bond acceptors (Lipinski definition) is 2. The first kappa shape index (κ1) is 20.3. The Balaban J connectivity index is 1.36. The number of imidazole rings is 1. The van der Waals surface area contributed by atoms with Crippen molar-refractivity contribution in [3.05, 3.63) is 70.4 Å². The number of nitrogens with one attached hydrogen (secondary N) is 1. The summed E-state index contributed by atoms with van der Waals surface area (Å²) in [6.07, 6.45) is 5.65. The monoisotopic (exact) mass is 443 g/mol. The second-order valence-electron chi connectivity index (χ2n) is 8.46. The number of halogens is 4. The van der Waals surface area contributed by atoms with Crippen molar-refractivity contribution in [2.45, 2.75) is 44.4 Å². The Morgan fingerprint density at radius 1 is 1.06 bits per heavy atom. The van der Waals surface area contributed by atoms with Gasteiger partial charge in [-0.05, 0) is 73.4 Å². The predicted octanol–water partition coefficient (Wildman–Crippen LogP) is 7.26. The Morgan fingerprint density at radius 2 is 1.84 bits per heavy atom. The number of hydrogen-bond donors (Lipinski definition) is 1. The van der Waals surface area contributed by atoms with Crippen LogP contribution in [0.5, 0.6) is 0 Å². The van der Waals surface area contributed by atoms with Gasteiger partial charge in [-0.3, -0.25) is 4.98 Å². The molecule has 4 aromatic rings. The van der Waals surface area contributed by atoms with Crippen LogP contribution in [0.3, 0.4) is 0 Å². The maximum atomic E-state index is 14.1. The molecule has 160 valence electrons. The number of fused-ring (bicyclic) bond motifs is 2. The lowest BCUT2D eigenvalue weighted by molar-refractivity contribution is 0.286. The Hall–Kier alpha value is -2.60. The van der Waals surface area contributed by atoms with Gasteiger partial charge in [0.05, 0.1) is 16.1 Å². The van der Waals surface area contributed by atoms with E-state index in [2.05, 4.69) is 21.9 Å². The summed E-state index contributed by atoms with van der Waals surface area (Å²) in [5.41, 5.74) is 2.23. The van der Waals surface area contributed by atoms with E-state index in [1.165, 1.54) is 6.07 Å². The molecule has 0 aliphatic heterocycles. The Kier molecular flexibility index (Phi) is 5.13. The van der Waals surface area contributed by atoms with Crippen LogP contribution in [-0.2, 0) is 0 Å². The minimum atomic E-state index is -0.996. The molecule has 1 unspecified atom stereocenters. The van der Waals surface area contributed by atoms with Crippen molar-refractivity contribution < 1.29 is 13.2 Å². The van der Waals surface area contributed by atoms with Crippen molar-refractivity contribution in [2.24, 2.45) is 5.92 Å². The maximum Gasteiger partial charge on any atom is 0.186 e. The molecule has 31 heavy (non-hydrogen) atoms. The number of aromatic nitrogens is 3. The molecule has 5 rings (SSSR count). The second kappa shape index (κ2) is 7.83. The van der Waals surface area contributed by atoms with Crippen LogP contribution in [0.1, 0.15) is 55.8 Å². The van der Waals surface area contributed by atoms with E-state index in [-0.39, 0.29) is 22.3 Å². The molecular weight excluding hydrogens is 423 g/mol. The minimum absolute atomic E-state index is 0.0502. The largest absolute Gasteiger partial charge is 0.340 e. The fraction of sp³-hybridized carbons (Fsp3) is 0.333. The minimum Gasteiger partial charge on any atom is -0.340 e. The highest BCUT2D eigenvalue weighted by Crippen LogP contribution is 2.43. The van der Waals surface area contributed by atoms with Crippen molar-refractivity contribution in [2.75, 3.05) is 0 Å². The van der Waals surface area contributed by atoms with E-state index in [9.17, 15) is 13.2 Å². The summed E-state index contributed by atoms with van der Waals surface area (Å²) in [7, 11) is 0. The standard InChI is InChI=1S/C24H21ClF3N3/c1-12(24-30-22-18(25)11-19(27)21(28)23(22)31-24)13-2-4-14(5-3-13)16-8-9-29-20-7-6-15(26)10-17(16)20/h6-14H,2-5H2,1H3,(H,30,31). The highest BCUT2D eigenvalue weighted by molar-refractivity contribution is 6.34. The highest BCUT2D eigenvalue weighted by Gasteiger charge is 2.30. The summed E-state index contributed by atoms with van der Waals surface area (Å²) in [5, 5.41) is 1.00. The maximum absolute atomic E-state index is 14.1. The zero-order chi connectivity index (χ0) is 21.7. The fourth-order valence-electron chi connectivity index (χ4n) is 4.95. The van der Waals surface area contributed by atoms with Gasteiger partial charge in [0.25, 0.3) is 0 Å². The van der Waals surface area contributed by atoms with Gasteiger partial charge in [0.1, 0.15) is 17.2 Å². The van der Waals surface area contributed by atoms with Crippen LogP contribution in [0, 0.1) is 23.4 Å². The number of aromatic amines is 1. The van der Waals surface area contributed by atoms with E-state index < -0.39 is 11.6 Å². The van der Waals surface area contributed by atoms with Crippen LogP contribution < -0.4 is 0 Å². The van der Waals surface area contributed by atoms with E-state index in [0.29, 0.717) is 23.2 Å². The van der Waals surface area contributed by atoms with Gasteiger partial charge in [-0.25, -0.2) is 18.2 Å². The average molecular weight is 444 g/mol. The molecule has 7 heteroatoms. The third-order valence-electron chi connectivity index (χ3n) is 6.72. The second-order valence-corrected chi connectivity index (χ2v) is 8.87. The summed E-state index contributed by atoms with van der Waals surface area (Å²) in [5.74, 6) is -0.851. The van der Waals surface area contributed by atoms with Gasteiger partial charge < -0.3 is 4.98 Å².